The summed E-state index contributed by atoms with van der Waals surface area (Å²) in [4.78, 5) is 0. The van der Waals surface area contributed by atoms with Crippen molar-refractivity contribution >= 4 is 0 Å². The van der Waals surface area contributed by atoms with Gasteiger partial charge in [-0.25, -0.2) is 0 Å². The van der Waals surface area contributed by atoms with Crippen molar-refractivity contribution in [3.8, 4) is 0 Å². The maximum atomic E-state index is 5.83. The van der Waals surface area contributed by atoms with E-state index in [4.69, 9.17) is 10.6 Å². The average Bonchev–Trinajstić information content (AvgIpc) is 2.43. The van der Waals surface area contributed by atoms with Crippen LogP contribution >= 0.6 is 0 Å². The van der Waals surface area contributed by atoms with Gasteiger partial charge >= 0.3 is 0 Å². The first-order chi connectivity index (χ1) is 6.31. The molecule has 0 aromatic heterocycles. The normalized spacial score (nSPS) is 37.4. The second-order valence-electron chi connectivity index (χ2n) is 4.45. The first kappa shape index (κ1) is 9.44. The minimum atomic E-state index is 0.366. The van der Waals surface area contributed by atoms with Crippen molar-refractivity contribution in [1.82, 2.24) is 5.43 Å². The van der Waals surface area contributed by atoms with Gasteiger partial charge < -0.3 is 4.74 Å². The maximum Gasteiger partial charge on any atom is 0.0748 e. The van der Waals surface area contributed by atoms with Crippen molar-refractivity contribution in [2.75, 3.05) is 0 Å². The van der Waals surface area contributed by atoms with Crippen LogP contribution in [0.1, 0.15) is 39.0 Å². The molecule has 2 aliphatic rings. The average molecular weight is 184 g/mol. The Hall–Kier alpha value is -0.120. The summed E-state index contributed by atoms with van der Waals surface area (Å²) in [5.74, 6) is 6.34. The molecule has 1 heterocycles. The van der Waals surface area contributed by atoms with Crippen LogP contribution in [0.15, 0.2) is 0 Å². The summed E-state index contributed by atoms with van der Waals surface area (Å²) in [6.07, 6.45) is 7.17. The quantitative estimate of drug-likeness (QED) is 0.511. The van der Waals surface area contributed by atoms with Gasteiger partial charge in [0.2, 0.25) is 0 Å². The van der Waals surface area contributed by atoms with Crippen molar-refractivity contribution in [2.45, 2.75) is 57.3 Å². The summed E-state index contributed by atoms with van der Waals surface area (Å²) in [6.45, 7) is 2.15. The molecule has 3 unspecified atom stereocenters. The van der Waals surface area contributed by atoms with Gasteiger partial charge in [-0.3, -0.25) is 11.3 Å². The molecule has 0 spiro atoms. The van der Waals surface area contributed by atoms with Gasteiger partial charge in [-0.1, -0.05) is 6.42 Å². The van der Waals surface area contributed by atoms with Crippen LogP contribution in [0.4, 0.5) is 0 Å². The molecule has 0 radical (unpaired) electrons. The van der Waals surface area contributed by atoms with Gasteiger partial charge in [0.25, 0.3) is 0 Å². The van der Waals surface area contributed by atoms with Gasteiger partial charge in [-0.2, -0.15) is 0 Å². The number of nitrogens with two attached hydrogens (primary N) is 1. The molecule has 0 bridgehead atoms. The Bertz CT molecular complexity index is 170. The number of hydrogen-bond donors (Lipinski definition) is 2. The van der Waals surface area contributed by atoms with E-state index in [9.17, 15) is 0 Å². The third kappa shape index (κ3) is 1.87. The second kappa shape index (κ2) is 3.95. The van der Waals surface area contributed by atoms with Gasteiger partial charge in [0.05, 0.1) is 18.2 Å². The third-order valence-corrected chi connectivity index (χ3v) is 3.52. The smallest absolute Gasteiger partial charge is 0.0748 e. The Labute approximate surface area is 80.0 Å². The molecule has 0 aromatic rings. The molecule has 1 aliphatic carbocycles. The van der Waals surface area contributed by atoms with Crippen LogP contribution in [0.5, 0.6) is 0 Å². The zero-order chi connectivity index (χ0) is 9.26. The van der Waals surface area contributed by atoms with Crippen molar-refractivity contribution in [1.29, 1.82) is 0 Å². The van der Waals surface area contributed by atoms with Crippen molar-refractivity contribution in [3.63, 3.8) is 0 Å². The number of hydrogen-bond acceptors (Lipinski definition) is 3. The van der Waals surface area contributed by atoms with E-state index in [1.54, 1.807) is 0 Å². The fourth-order valence-corrected chi connectivity index (χ4v) is 2.44. The molecule has 1 aliphatic heterocycles. The highest BCUT2D eigenvalue weighted by Crippen LogP contribution is 2.34. The van der Waals surface area contributed by atoms with E-state index in [2.05, 4.69) is 12.3 Å². The highest BCUT2D eigenvalue weighted by Gasteiger charge is 2.36. The Balaban J connectivity index is 1.88. The molecule has 1 saturated heterocycles. The zero-order valence-electron chi connectivity index (χ0n) is 8.33. The minimum Gasteiger partial charge on any atom is -0.374 e. The lowest BCUT2D eigenvalue weighted by molar-refractivity contribution is 0.00528. The molecule has 0 aromatic carbocycles. The summed E-state index contributed by atoms with van der Waals surface area (Å²) in [7, 11) is 0. The topological polar surface area (TPSA) is 47.3 Å². The van der Waals surface area contributed by atoms with E-state index in [1.165, 1.54) is 32.1 Å². The van der Waals surface area contributed by atoms with Crippen LogP contribution < -0.4 is 11.3 Å². The lowest BCUT2D eigenvalue weighted by atomic mass is 9.77. The van der Waals surface area contributed by atoms with E-state index in [-0.39, 0.29) is 0 Å². The predicted molar refractivity (Wildman–Crippen MR) is 52.0 cm³/mol. The van der Waals surface area contributed by atoms with Gasteiger partial charge in [-0.05, 0) is 38.5 Å². The Morgan fingerprint density at radius 3 is 2.46 bits per heavy atom. The molecular formula is C10H20N2O. The van der Waals surface area contributed by atoms with Crippen molar-refractivity contribution in [3.05, 3.63) is 0 Å². The maximum absolute atomic E-state index is 5.83. The molecule has 3 nitrogen and oxygen atoms in total. The van der Waals surface area contributed by atoms with Crippen LogP contribution in [-0.4, -0.2) is 18.2 Å². The SMILES string of the molecule is CC1CCC(C(NN)C2CCC2)O1. The number of rotatable bonds is 3. The van der Waals surface area contributed by atoms with Crippen molar-refractivity contribution < 1.29 is 4.74 Å². The summed E-state index contributed by atoms with van der Waals surface area (Å²) in [5, 5.41) is 0. The van der Waals surface area contributed by atoms with Gasteiger partial charge in [-0.15, -0.1) is 0 Å². The zero-order valence-corrected chi connectivity index (χ0v) is 8.33. The van der Waals surface area contributed by atoms with Crippen LogP contribution in [-0.2, 0) is 4.74 Å². The lowest BCUT2D eigenvalue weighted by Crippen LogP contribution is -2.50. The molecule has 76 valence electrons. The number of ether oxygens (including phenoxy) is 1. The van der Waals surface area contributed by atoms with E-state index in [1.807, 2.05) is 0 Å². The van der Waals surface area contributed by atoms with Gasteiger partial charge in [0.15, 0.2) is 0 Å². The molecular weight excluding hydrogens is 164 g/mol. The fraction of sp³-hybridized carbons (Fsp3) is 1.00. The minimum absolute atomic E-state index is 0.366. The summed E-state index contributed by atoms with van der Waals surface area (Å²) in [6, 6.07) is 0.402. The molecule has 3 atom stereocenters. The van der Waals surface area contributed by atoms with E-state index in [0.29, 0.717) is 18.2 Å². The van der Waals surface area contributed by atoms with Crippen LogP contribution in [0, 0.1) is 5.92 Å². The van der Waals surface area contributed by atoms with E-state index >= 15 is 0 Å². The summed E-state index contributed by atoms with van der Waals surface area (Å²) in [5.41, 5.74) is 2.94. The highest BCUT2D eigenvalue weighted by atomic mass is 16.5. The van der Waals surface area contributed by atoms with Gasteiger partial charge in [0, 0.05) is 0 Å². The van der Waals surface area contributed by atoms with Gasteiger partial charge in [0.1, 0.15) is 0 Å². The standard InChI is InChI=1S/C10H20N2O/c1-7-5-6-9(13-7)10(12-11)8-3-2-4-8/h7-10,12H,2-6,11H2,1H3. The second-order valence-corrected chi connectivity index (χ2v) is 4.45. The molecule has 1 saturated carbocycles. The molecule has 2 rings (SSSR count). The highest BCUT2D eigenvalue weighted by molar-refractivity contribution is 4.90. The van der Waals surface area contributed by atoms with Crippen molar-refractivity contribution in [2.24, 2.45) is 11.8 Å². The largest absolute Gasteiger partial charge is 0.374 e. The predicted octanol–water partition coefficient (Wildman–Crippen LogP) is 1.19. The summed E-state index contributed by atoms with van der Waals surface area (Å²) < 4.78 is 5.83. The number of hydrazine groups is 1. The Kier molecular flexibility index (Phi) is 2.86. The molecule has 2 fully saturated rings. The number of nitrogens with one attached hydrogen (secondary N) is 1. The first-order valence-electron chi connectivity index (χ1n) is 5.43. The van der Waals surface area contributed by atoms with Crippen LogP contribution in [0.25, 0.3) is 0 Å². The van der Waals surface area contributed by atoms with E-state index in [0.717, 1.165) is 5.92 Å². The monoisotopic (exact) mass is 184 g/mol. The Morgan fingerprint density at radius 1 is 1.31 bits per heavy atom. The molecule has 13 heavy (non-hydrogen) atoms. The van der Waals surface area contributed by atoms with Crippen LogP contribution in [0.3, 0.4) is 0 Å². The fourth-order valence-electron chi connectivity index (χ4n) is 2.44. The Morgan fingerprint density at radius 2 is 2.08 bits per heavy atom. The van der Waals surface area contributed by atoms with Crippen LogP contribution in [0.2, 0.25) is 0 Å². The molecule has 0 amide bonds. The lowest BCUT2D eigenvalue weighted by Gasteiger charge is -2.36. The molecule has 3 heteroatoms. The van der Waals surface area contributed by atoms with E-state index < -0.39 is 0 Å². The summed E-state index contributed by atoms with van der Waals surface area (Å²) >= 11 is 0. The first-order valence-corrected chi connectivity index (χ1v) is 5.43. The third-order valence-electron chi connectivity index (χ3n) is 3.52. The molecule has 3 N–H and O–H groups in total.